The van der Waals surface area contributed by atoms with E-state index >= 15 is 0 Å². The summed E-state index contributed by atoms with van der Waals surface area (Å²) >= 11 is 7.16. The van der Waals surface area contributed by atoms with E-state index < -0.39 is 5.91 Å². The number of likely N-dealkylation sites (N-methyl/N-ethyl adjacent to an activating group) is 1. The van der Waals surface area contributed by atoms with E-state index in [-0.39, 0.29) is 12.2 Å². The molecule has 0 bridgehead atoms. The SMILES string of the molecule is CN(CCO)c1ccc2cc(/C=C(\C#N)C(=O)NCCOCCOCCCCCCCl)sc2c1. The fourth-order valence-electron chi connectivity index (χ4n) is 3.22. The molecule has 7 nitrogen and oxygen atoms in total. The van der Waals surface area contributed by atoms with Crippen LogP contribution in [0.4, 0.5) is 5.69 Å². The number of amides is 1. The van der Waals surface area contributed by atoms with Crippen molar-refractivity contribution in [1.29, 1.82) is 5.26 Å². The predicted molar refractivity (Wildman–Crippen MR) is 140 cm³/mol. The van der Waals surface area contributed by atoms with Gasteiger partial charge in [0, 0.05) is 47.9 Å². The van der Waals surface area contributed by atoms with Crippen molar-refractivity contribution in [1.82, 2.24) is 5.32 Å². The number of anilines is 1. The van der Waals surface area contributed by atoms with Crippen LogP contribution in [0, 0.1) is 11.3 Å². The normalized spacial score (nSPS) is 11.5. The number of aliphatic hydroxyl groups is 1. The van der Waals surface area contributed by atoms with Gasteiger partial charge in [0.15, 0.2) is 0 Å². The molecule has 0 aliphatic heterocycles. The molecule has 9 heteroatoms. The van der Waals surface area contributed by atoms with E-state index in [2.05, 4.69) is 5.32 Å². The van der Waals surface area contributed by atoms with Crippen molar-refractivity contribution < 1.29 is 19.4 Å². The molecule has 0 unspecified atom stereocenters. The lowest BCUT2D eigenvalue weighted by Gasteiger charge is -2.17. The van der Waals surface area contributed by atoms with Crippen molar-refractivity contribution in [3.05, 3.63) is 34.7 Å². The van der Waals surface area contributed by atoms with Gasteiger partial charge in [-0.25, -0.2) is 0 Å². The number of nitrogens with one attached hydrogen (secondary N) is 1. The summed E-state index contributed by atoms with van der Waals surface area (Å²) in [5.41, 5.74) is 1.06. The highest BCUT2D eigenvalue weighted by Gasteiger charge is 2.10. The van der Waals surface area contributed by atoms with Crippen LogP contribution in [0.25, 0.3) is 16.2 Å². The number of halogens is 1. The highest BCUT2D eigenvalue weighted by Crippen LogP contribution is 2.30. The zero-order valence-corrected chi connectivity index (χ0v) is 21.3. The number of alkyl halides is 1. The number of hydrogen-bond donors (Lipinski definition) is 2. The summed E-state index contributed by atoms with van der Waals surface area (Å²) in [6, 6.07) is 9.98. The summed E-state index contributed by atoms with van der Waals surface area (Å²) in [7, 11) is 1.92. The molecule has 0 aliphatic carbocycles. The number of fused-ring (bicyclic) bond motifs is 1. The number of rotatable bonds is 17. The van der Waals surface area contributed by atoms with Crippen LogP contribution in [-0.2, 0) is 14.3 Å². The van der Waals surface area contributed by atoms with Gasteiger partial charge < -0.3 is 24.8 Å². The van der Waals surface area contributed by atoms with Crippen LogP contribution in [0.1, 0.15) is 30.6 Å². The Bertz CT molecular complexity index is 957. The van der Waals surface area contributed by atoms with Gasteiger partial charge >= 0.3 is 0 Å². The Morgan fingerprint density at radius 2 is 1.94 bits per heavy atom. The van der Waals surface area contributed by atoms with Gasteiger partial charge in [-0.05, 0) is 42.5 Å². The van der Waals surface area contributed by atoms with Crippen LogP contribution in [0.2, 0.25) is 0 Å². The van der Waals surface area contributed by atoms with Crippen LogP contribution in [0.3, 0.4) is 0 Å². The number of carbonyl (C=O) groups excluding carboxylic acids is 1. The molecule has 2 N–H and O–H groups in total. The number of carbonyl (C=O) groups is 1. The van der Waals surface area contributed by atoms with E-state index in [0.29, 0.717) is 38.8 Å². The van der Waals surface area contributed by atoms with E-state index in [1.807, 2.05) is 42.3 Å². The lowest BCUT2D eigenvalue weighted by Crippen LogP contribution is -2.28. The van der Waals surface area contributed by atoms with Crippen LogP contribution >= 0.6 is 22.9 Å². The monoisotopic (exact) mass is 507 g/mol. The quantitative estimate of drug-likeness (QED) is 0.144. The minimum absolute atomic E-state index is 0.0571. The summed E-state index contributed by atoms with van der Waals surface area (Å²) in [5, 5.41) is 22.3. The first kappa shape index (κ1) is 28.1. The summed E-state index contributed by atoms with van der Waals surface area (Å²) in [6.07, 6.45) is 5.94. The lowest BCUT2D eigenvalue weighted by atomic mass is 10.2. The number of aliphatic hydroxyl groups excluding tert-OH is 1. The van der Waals surface area contributed by atoms with Crippen LogP contribution in [0.5, 0.6) is 0 Å². The maximum absolute atomic E-state index is 12.4. The smallest absolute Gasteiger partial charge is 0.262 e. The first-order valence-electron chi connectivity index (χ1n) is 11.6. The zero-order valence-electron chi connectivity index (χ0n) is 19.7. The topological polar surface area (TPSA) is 94.8 Å². The zero-order chi connectivity index (χ0) is 24.6. The minimum atomic E-state index is -0.417. The first-order valence-corrected chi connectivity index (χ1v) is 12.9. The Hall–Kier alpha value is -2.15. The van der Waals surface area contributed by atoms with Crippen molar-refractivity contribution in [2.75, 3.05) is 64.0 Å². The van der Waals surface area contributed by atoms with Crippen molar-refractivity contribution in [3.63, 3.8) is 0 Å². The molecule has 0 aliphatic rings. The molecule has 0 atom stereocenters. The standard InChI is InChI=1S/C25H34ClN3O4S/c1-29(10-11-30)22-7-6-20-16-23(34-24(20)18-22)17-21(19-27)25(31)28-9-13-33-15-14-32-12-5-3-2-4-8-26/h6-7,16-18,30H,2-5,8-15H2,1H3,(H,28,31)/b21-17+. The van der Waals surface area contributed by atoms with Gasteiger partial charge in [-0.3, -0.25) is 4.79 Å². The third-order valence-electron chi connectivity index (χ3n) is 5.13. The molecule has 0 radical (unpaired) electrons. The number of nitriles is 1. The molecule has 1 aromatic heterocycles. The van der Waals surface area contributed by atoms with E-state index in [1.165, 1.54) is 11.3 Å². The number of nitrogens with zero attached hydrogens (tertiary/aromatic N) is 2. The number of hydrogen-bond acceptors (Lipinski definition) is 7. The van der Waals surface area contributed by atoms with E-state index in [1.54, 1.807) is 6.08 Å². The van der Waals surface area contributed by atoms with Gasteiger partial charge in [-0.2, -0.15) is 5.26 Å². The molecule has 2 rings (SSSR count). The Morgan fingerprint density at radius 3 is 2.68 bits per heavy atom. The Kier molecular flexibility index (Phi) is 13.6. The van der Waals surface area contributed by atoms with Gasteiger partial charge in [0.25, 0.3) is 5.91 Å². The van der Waals surface area contributed by atoms with E-state index in [9.17, 15) is 10.1 Å². The third kappa shape index (κ3) is 10.00. The fraction of sp³-hybridized carbons (Fsp3) is 0.520. The average Bonchev–Trinajstić information content (AvgIpc) is 3.25. The molecule has 1 heterocycles. The molecule has 34 heavy (non-hydrogen) atoms. The third-order valence-corrected chi connectivity index (χ3v) is 6.44. The lowest BCUT2D eigenvalue weighted by molar-refractivity contribution is -0.117. The van der Waals surface area contributed by atoms with Crippen molar-refractivity contribution >= 4 is 50.7 Å². The van der Waals surface area contributed by atoms with Gasteiger partial charge in [-0.1, -0.05) is 18.9 Å². The second-order valence-corrected chi connectivity index (χ2v) is 9.26. The summed E-state index contributed by atoms with van der Waals surface area (Å²) in [5.74, 6) is 0.299. The van der Waals surface area contributed by atoms with Crippen molar-refractivity contribution in [2.24, 2.45) is 0 Å². The first-order chi connectivity index (χ1) is 16.6. The average molecular weight is 508 g/mol. The second-order valence-electron chi connectivity index (χ2n) is 7.77. The molecular formula is C25H34ClN3O4S. The highest BCUT2D eigenvalue weighted by molar-refractivity contribution is 7.19. The Morgan fingerprint density at radius 1 is 1.18 bits per heavy atom. The fourth-order valence-corrected chi connectivity index (χ4v) is 4.46. The summed E-state index contributed by atoms with van der Waals surface area (Å²) in [4.78, 5) is 15.2. The van der Waals surface area contributed by atoms with Crippen LogP contribution in [0.15, 0.2) is 29.8 Å². The largest absolute Gasteiger partial charge is 0.395 e. The minimum Gasteiger partial charge on any atom is -0.395 e. The van der Waals surface area contributed by atoms with Gasteiger partial charge in [-0.15, -0.1) is 22.9 Å². The van der Waals surface area contributed by atoms with Crippen LogP contribution in [-0.4, -0.2) is 70.1 Å². The number of ether oxygens (including phenoxy) is 2. The van der Waals surface area contributed by atoms with E-state index in [0.717, 1.165) is 52.9 Å². The van der Waals surface area contributed by atoms with Gasteiger partial charge in [0.1, 0.15) is 11.6 Å². The number of thiophene rings is 1. The predicted octanol–water partition coefficient (Wildman–Crippen LogP) is 4.19. The number of unbranched alkanes of at least 4 members (excludes halogenated alkanes) is 3. The Labute approximate surface area is 210 Å². The summed E-state index contributed by atoms with van der Waals surface area (Å²) < 4.78 is 12.0. The molecular weight excluding hydrogens is 474 g/mol. The van der Waals surface area contributed by atoms with Crippen LogP contribution < -0.4 is 10.2 Å². The maximum Gasteiger partial charge on any atom is 0.262 e. The molecule has 0 saturated heterocycles. The molecule has 0 fully saturated rings. The van der Waals surface area contributed by atoms with Gasteiger partial charge in [0.05, 0.1) is 26.4 Å². The molecule has 2 aromatic rings. The Balaban J connectivity index is 1.73. The maximum atomic E-state index is 12.4. The molecule has 0 spiro atoms. The number of benzene rings is 1. The molecule has 1 amide bonds. The highest BCUT2D eigenvalue weighted by atomic mass is 35.5. The van der Waals surface area contributed by atoms with Crippen molar-refractivity contribution in [2.45, 2.75) is 25.7 Å². The van der Waals surface area contributed by atoms with E-state index in [4.69, 9.17) is 26.2 Å². The molecule has 1 aromatic carbocycles. The van der Waals surface area contributed by atoms with Crippen molar-refractivity contribution in [3.8, 4) is 6.07 Å². The molecule has 0 saturated carbocycles. The van der Waals surface area contributed by atoms with Gasteiger partial charge in [0.2, 0.25) is 0 Å². The molecule has 186 valence electrons. The second kappa shape index (κ2) is 16.5. The summed E-state index contributed by atoms with van der Waals surface area (Å²) in [6.45, 7) is 3.03.